The lowest BCUT2D eigenvalue weighted by Crippen LogP contribution is -2.44. The van der Waals surface area contributed by atoms with Crippen LogP contribution in [0.5, 0.6) is 0 Å². The Morgan fingerprint density at radius 1 is 1.10 bits per heavy atom. The van der Waals surface area contributed by atoms with Crippen LogP contribution in [0.3, 0.4) is 0 Å². The van der Waals surface area contributed by atoms with Crippen LogP contribution < -0.4 is 5.32 Å². The van der Waals surface area contributed by atoms with Crippen molar-refractivity contribution >= 4 is 0 Å². The van der Waals surface area contributed by atoms with Gasteiger partial charge in [-0.2, -0.15) is 0 Å². The largest absolute Gasteiger partial charge is 0.314 e. The zero-order valence-corrected chi connectivity index (χ0v) is 13.1. The monoisotopic (exact) mass is 276 g/mol. The molecule has 1 aromatic rings. The van der Waals surface area contributed by atoms with E-state index in [1.165, 1.54) is 37.9 Å². The van der Waals surface area contributed by atoms with Crippen molar-refractivity contribution in [2.45, 2.75) is 77.9 Å². The summed E-state index contributed by atoms with van der Waals surface area (Å²) in [7, 11) is 0. The number of aryl methyl sites for hydroxylation is 1. The Morgan fingerprint density at radius 2 is 1.90 bits per heavy atom. The van der Waals surface area contributed by atoms with Crippen LogP contribution >= 0.6 is 0 Å². The third kappa shape index (κ3) is 2.76. The molecule has 1 fully saturated rings. The maximum absolute atomic E-state index is 4.46. The van der Waals surface area contributed by atoms with E-state index in [1.54, 1.807) is 0 Å². The molecule has 0 bridgehead atoms. The van der Waals surface area contributed by atoms with E-state index in [1.807, 2.05) is 0 Å². The summed E-state index contributed by atoms with van der Waals surface area (Å²) in [4.78, 5) is 0. The predicted octanol–water partition coefficient (Wildman–Crippen LogP) is 3.09. The minimum absolute atomic E-state index is 0.326. The van der Waals surface area contributed by atoms with Gasteiger partial charge in [-0.3, -0.25) is 0 Å². The molecule has 1 aromatic heterocycles. The minimum Gasteiger partial charge on any atom is -0.314 e. The maximum atomic E-state index is 4.46. The fraction of sp³-hybridized carbons (Fsp3) is 0.875. The molecule has 1 N–H and O–H groups in total. The second-order valence-electron chi connectivity index (χ2n) is 7.00. The molecule has 112 valence electrons. The van der Waals surface area contributed by atoms with Crippen molar-refractivity contribution in [3.63, 3.8) is 0 Å². The lowest BCUT2D eigenvalue weighted by molar-refractivity contribution is 0.157. The fourth-order valence-corrected chi connectivity index (χ4v) is 3.60. The summed E-state index contributed by atoms with van der Waals surface area (Å²) in [6.07, 6.45) is 7.59. The van der Waals surface area contributed by atoms with Crippen LogP contribution in [0.4, 0.5) is 0 Å². The second-order valence-corrected chi connectivity index (χ2v) is 7.00. The molecule has 0 amide bonds. The molecule has 1 unspecified atom stereocenters. The average molecular weight is 276 g/mol. The Kier molecular flexibility index (Phi) is 4.11. The minimum atomic E-state index is 0.326. The molecule has 4 nitrogen and oxygen atoms in total. The Labute approximate surface area is 122 Å². The number of hydrogen-bond donors (Lipinski definition) is 1. The topological polar surface area (TPSA) is 42.7 Å². The molecule has 1 aliphatic heterocycles. The van der Waals surface area contributed by atoms with Crippen LogP contribution in [0, 0.1) is 11.8 Å². The van der Waals surface area contributed by atoms with Crippen LogP contribution in [0.15, 0.2) is 0 Å². The SMILES string of the molecule is CC(NC1CC(C(C)C)C1)c1nnc2n1CCCCC2. The maximum Gasteiger partial charge on any atom is 0.149 e. The van der Waals surface area contributed by atoms with E-state index in [-0.39, 0.29) is 0 Å². The van der Waals surface area contributed by atoms with Gasteiger partial charge >= 0.3 is 0 Å². The molecule has 0 saturated heterocycles. The van der Waals surface area contributed by atoms with Crippen molar-refractivity contribution < 1.29 is 0 Å². The van der Waals surface area contributed by atoms with Gasteiger partial charge in [0.05, 0.1) is 6.04 Å². The highest BCUT2D eigenvalue weighted by molar-refractivity contribution is 5.03. The first kappa shape index (κ1) is 14.1. The Bertz CT molecular complexity index is 445. The Hall–Kier alpha value is -0.900. The third-order valence-corrected chi connectivity index (χ3v) is 5.13. The highest BCUT2D eigenvalue weighted by Gasteiger charge is 2.32. The normalized spacial score (nSPS) is 27.8. The standard InChI is InChI=1S/C16H28N4/c1-11(2)13-9-14(10-13)17-12(3)16-19-18-15-7-5-4-6-8-20(15)16/h11-14,17H,4-10H2,1-3H3. The quantitative estimate of drug-likeness (QED) is 0.919. The highest BCUT2D eigenvalue weighted by atomic mass is 15.3. The molecule has 4 heteroatoms. The molecule has 1 saturated carbocycles. The van der Waals surface area contributed by atoms with Crippen LogP contribution in [0.1, 0.15) is 70.6 Å². The Morgan fingerprint density at radius 3 is 2.65 bits per heavy atom. The lowest BCUT2D eigenvalue weighted by Gasteiger charge is -2.40. The van der Waals surface area contributed by atoms with Crippen molar-refractivity contribution in [3.05, 3.63) is 11.6 Å². The van der Waals surface area contributed by atoms with Crippen molar-refractivity contribution in [2.75, 3.05) is 0 Å². The van der Waals surface area contributed by atoms with Gasteiger partial charge in [-0.1, -0.05) is 20.3 Å². The smallest absolute Gasteiger partial charge is 0.149 e. The molecule has 2 aliphatic rings. The number of nitrogens with one attached hydrogen (secondary N) is 1. The summed E-state index contributed by atoms with van der Waals surface area (Å²) in [5.74, 6) is 4.08. The van der Waals surface area contributed by atoms with E-state index in [0.29, 0.717) is 12.1 Å². The van der Waals surface area contributed by atoms with Gasteiger partial charge < -0.3 is 9.88 Å². The van der Waals surface area contributed by atoms with Gasteiger partial charge in [-0.15, -0.1) is 10.2 Å². The van der Waals surface area contributed by atoms with Gasteiger partial charge in [0, 0.05) is 19.0 Å². The zero-order valence-electron chi connectivity index (χ0n) is 13.1. The number of aromatic nitrogens is 3. The first-order valence-electron chi connectivity index (χ1n) is 8.33. The van der Waals surface area contributed by atoms with Crippen molar-refractivity contribution in [1.82, 2.24) is 20.1 Å². The average Bonchev–Trinajstić information content (AvgIpc) is 2.62. The molecule has 0 aromatic carbocycles. The van der Waals surface area contributed by atoms with Gasteiger partial charge in [0.2, 0.25) is 0 Å². The predicted molar refractivity (Wildman–Crippen MR) is 80.5 cm³/mol. The number of rotatable bonds is 4. The molecular weight excluding hydrogens is 248 g/mol. The molecule has 2 heterocycles. The van der Waals surface area contributed by atoms with E-state index < -0.39 is 0 Å². The molecule has 1 aliphatic carbocycles. The van der Waals surface area contributed by atoms with Gasteiger partial charge in [0.1, 0.15) is 11.6 Å². The fourth-order valence-electron chi connectivity index (χ4n) is 3.60. The molecule has 1 atom stereocenters. The van der Waals surface area contributed by atoms with Crippen LogP contribution in [-0.2, 0) is 13.0 Å². The summed E-state index contributed by atoms with van der Waals surface area (Å²) in [6, 6.07) is 1.00. The van der Waals surface area contributed by atoms with Gasteiger partial charge in [-0.25, -0.2) is 0 Å². The van der Waals surface area contributed by atoms with Gasteiger partial charge in [0.25, 0.3) is 0 Å². The Balaban J connectivity index is 1.61. The molecule has 20 heavy (non-hydrogen) atoms. The zero-order chi connectivity index (χ0) is 14.1. The molecule has 0 spiro atoms. The number of hydrogen-bond acceptors (Lipinski definition) is 3. The van der Waals surface area contributed by atoms with E-state index >= 15 is 0 Å². The van der Waals surface area contributed by atoms with E-state index in [4.69, 9.17) is 0 Å². The molecule has 0 radical (unpaired) electrons. The van der Waals surface area contributed by atoms with Crippen molar-refractivity contribution in [1.29, 1.82) is 0 Å². The first-order chi connectivity index (χ1) is 9.65. The third-order valence-electron chi connectivity index (χ3n) is 5.13. The van der Waals surface area contributed by atoms with Crippen LogP contribution in [-0.4, -0.2) is 20.8 Å². The molecular formula is C16H28N4. The number of nitrogens with zero attached hydrogens (tertiary/aromatic N) is 3. The van der Waals surface area contributed by atoms with Crippen LogP contribution in [0.2, 0.25) is 0 Å². The van der Waals surface area contributed by atoms with Gasteiger partial charge in [0.15, 0.2) is 0 Å². The highest BCUT2D eigenvalue weighted by Crippen LogP contribution is 2.34. The van der Waals surface area contributed by atoms with E-state index in [0.717, 1.165) is 30.6 Å². The van der Waals surface area contributed by atoms with E-state index in [2.05, 4.69) is 40.9 Å². The lowest BCUT2D eigenvalue weighted by atomic mass is 9.73. The summed E-state index contributed by atoms with van der Waals surface area (Å²) in [6.45, 7) is 8.01. The summed E-state index contributed by atoms with van der Waals surface area (Å²) >= 11 is 0. The van der Waals surface area contributed by atoms with E-state index in [9.17, 15) is 0 Å². The summed E-state index contributed by atoms with van der Waals surface area (Å²) in [5, 5.41) is 12.6. The molecule has 3 rings (SSSR count). The van der Waals surface area contributed by atoms with Crippen molar-refractivity contribution in [3.8, 4) is 0 Å². The first-order valence-corrected chi connectivity index (χ1v) is 8.33. The van der Waals surface area contributed by atoms with Gasteiger partial charge in [-0.05, 0) is 44.4 Å². The number of fused-ring (bicyclic) bond motifs is 1. The van der Waals surface area contributed by atoms with Crippen molar-refractivity contribution in [2.24, 2.45) is 11.8 Å². The summed E-state index contributed by atoms with van der Waals surface area (Å²) in [5.41, 5.74) is 0. The van der Waals surface area contributed by atoms with Crippen LogP contribution in [0.25, 0.3) is 0 Å². The second kappa shape index (κ2) is 5.84. The summed E-state index contributed by atoms with van der Waals surface area (Å²) < 4.78 is 2.36.